The Morgan fingerprint density at radius 3 is 2.02 bits per heavy atom. The molecule has 2 aliphatic carbocycles. The molecule has 11 heteroatoms. The van der Waals surface area contributed by atoms with Crippen LogP contribution in [0.25, 0.3) is 11.1 Å². The smallest absolute Gasteiger partial charge is 0.251 e. The zero-order chi connectivity index (χ0) is 41.2. The quantitative estimate of drug-likeness (QED) is 0.128. The predicted molar refractivity (Wildman–Crippen MR) is 228 cm³/mol. The number of carbonyl (C=O) groups is 1. The maximum Gasteiger partial charge on any atom is 0.251 e. The number of ether oxygens (including phenoxy) is 4. The zero-order valence-electron chi connectivity index (χ0n) is 34.6. The van der Waals surface area contributed by atoms with E-state index in [9.17, 15) is 13.6 Å². The Hall–Kier alpha value is -5.23. The zero-order valence-corrected chi connectivity index (χ0v) is 34.6. The normalized spacial score (nSPS) is 20.3. The number of benzene rings is 4. The minimum atomic E-state index is -0.333. The Balaban J connectivity index is 0.801. The van der Waals surface area contributed by atoms with Crippen molar-refractivity contribution in [2.75, 3.05) is 92.9 Å². The summed E-state index contributed by atoms with van der Waals surface area (Å²) in [5, 5.41) is 3.12. The highest BCUT2D eigenvalue weighted by molar-refractivity contribution is 6.06. The van der Waals surface area contributed by atoms with Crippen LogP contribution in [0.1, 0.15) is 41.5 Å². The molecule has 4 aromatic carbocycles. The summed E-state index contributed by atoms with van der Waals surface area (Å²) in [5.41, 5.74) is 7.03. The average Bonchev–Trinajstić information content (AvgIpc) is 4.21. The lowest BCUT2D eigenvalue weighted by Gasteiger charge is -2.34. The van der Waals surface area contributed by atoms with Crippen molar-refractivity contribution in [1.82, 2.24) is 20.0 Å². The van der Waals surface area contributed by atoms with Crippen LogP contribution in [0.2, 0.25) is 0 Å². The monoisotopic (exact) mass is 816 g/mol. The molecule has 0 spiro atoms. The van der Waals surface area contributed by atoms with Crippen molar-refractivity contribution < 1.29 is 32.5 Å². The third-order valence-electron chi connectivity index (χ3n) is 12.5. The number of fused-ring (bicyclic) bond motifs is 2. The first-order valence-electron chi connectivity index (χ1n) is 21.4. The second-order valence-corrected chi connectivity index (χ2v) is 17.2. The molecule has 4 aromatic rings. The molecular formula is C49H54F2N4O5. The van der Waals surface area contributed by atoms with Gasteiger partial charge in [0.1, 0.15) is 47.8 Å². The van der Waals surface area contributed by atoms with Crippen molar-refractivity contribution in [3.8, 4) is 23.0 Å². The Morgan fingerprint density at radius 2 is 1.37 bits per heavy atom. The van der Waals surface area contributed by atoms with E-state index in [0.29, 0.717) is 62.0 Å². The minimum Gasteiger partial charge on any atom is -0.493 e. The van der Waals surface area contributed by atoms with Crippen molar-refractivity contribution in [1.29, 1.82) is 0 Å². The summed E-state index contributed by atoms with van der Waals surface area (Å²) in [7, 11) is 4.24. The van der Waals surface area contributed by atoms with Crippen LogP contribution in [0.4, 0.5) is 8.78 Å². The lowest BCUT2D eigenvalue weighted by molar-refractivity contribution is -0.117. The van der Waals surface area contributed by atoms with Crippen LogP contribution in [0.5, 0.6) is 23.0 Å². The first kappa shape index (κ1) is 40.2. The number of hydrogen-bond donors (Lipinski definition) is 1. The Kier molecular flexibility index (Phi) is 11.9. The van der Waals surface area contributed by atoms with Crippen LogP contribution in [0, 0.1) is 29.4 Å². The highest BCUT2D eigenvalue weighted by Gasteiger charge is 2.38. The number of carbonyl (C=O) groups excluding carboxylic acids is 1. The maximum absolute atomic E-state index is 14.0. The van der Waals surface area contributed by atoms with Crippen molar-refractivity contribution in [2.24, 2.45) is 17.8 Å². The number of hydrogen-bond acceptors (Lipinski definition) is 8. The van der Waals surface area contributed by atoms with E-state index < -0.39 is 0 Å². The molecule has 2 saturated carbocycles. The van der Waals surface area contributed by atoms with Crippen LogP contribution in [0.15, 0.2) is 96.1 Å². The fourth-order valence-electron chi connectivity index (χ4n) is 8.55. The van der Waals surface area contributed by atoms with E-state index in [4.69, 9.17) is 18.9 Å². The van der Waals surface area contributed by atoms with Gasteiger partial charge in [-0.25, -0.2) is 8.78 Å². The number of halogens is 2. The third kappa shape index (κ3) is 9.54. The van der Waals surface area contributed by atoms with E-state index in [1.54, 1.807) is 12.1 Å². The number of nitrogens with zero attached hydrogens (tertiary/aromatic N) is 3. The second-order valence-electron chi connectivity index (χ2n) is 17.2. The van der Waals surface area contributed by atoms with Gasteiger partial charge in [-0.2, -0.15) is 0 Å². The van der Waals surface area contributed by atoms with Crippen LogP contribution >= 0.6 is 0 Å². The van der Waals surface area contributed by atoms with Gasteiger partial charge in [0.05, 0.1) is 18.8 Å². The van der Waals surface area contributed by atoms with Crippen molar-refractivity contribution in [2.45, 2.75) is 19.3 Å². The summed E-state index contributed by atoms with van der Waals surface area (Å²) in [6.07, 6.45) is 3.46. The van der Waals surface area contributed by atoms with Crippen LogP contribution in [-0.4, -0.2) is 113 Å². The van der Waals surface area contributed by atoms with Gasteiger partial charge in [0.15, 0.2) is 0 Å². The summed E-state index contributed by atoms with van der Waals surface area (Å²) in [5.74, 6) is 3.77. The van der Waals surface area contributed by atoms with Gasteiger partial charge in [0, 0.05) is 69.1 Å². The van der Waals surface area contributed by atoms with Gasteiger partial charge < -0.3 is 34.1 Å². The summed E-state index contributed by atoms with van der Waals surface area (Å²) in [4.78, 5) is 20.8. The standard InChI is InChI=1S/C49H54F2N4O5/c1-53-19-21-55(22-20-53)27-37-30-59-45-15-14-41(24-42(45)47(37)33-5-9-38(50)10-6-33)58-29-36-23-35(36)26-54(2)18-17-52-49(56)44-31-60-46-16-13-40(57-28-32-3-4-32)25-43(46)48(44)34-7-11-39(51)12-8-34/h5-16,24-25,32,35-36H,3-4,17-23,26-31H2,1-2H3,(H,52,56). The lowest BCUT2D eigenvalue weighted by atomic mass is 9.90. The van der Waals surface area contributed by atoms with Gasteiger partial charge >= 0.3 is 0 Å². The lowest BCUT2D eigenvalue weighted by Crippen LogP contribution is -2.45. The van der Waals surface area contributed by atoms with Crippen molar-refractivity contribution >= 4 is 17.1 Å². The van der Waals surface area contributed by atoms with Gasteiger partial charge in [0.25, 0.3) is 5.91 Å². The number of likely N-dealkylation sites (N-methyl/N-ethyl adjacent to an activating group) is 2. The molecular weight excluding hydrogens is 763 g/mol. The molecule has 2 unspecified atom stereocenters. The van der Waals surface area contributed by atoms with E-state index in [1.165, 1.54) is 42.7 Å². The van der Waals surface area contributed by atoms with Crippen molar-refractivity contribution in [3.63, 3.8) is 0 Å². The van der Waals surface area contributed by atoms with E-state index in [1.807, 2.05) is 42.5 Å². The molecule has 60 heavy (non-hydrogen) atoms. The predicted octanol–water partition coefficient (Wildman–Crippen LogP) is 7.15. The number of amides is 1. The molecule has 9 rings (SSSR count). The molecule has 314 valence electrons. The second kappa shape index (κ2) is 17.8. The molecule has 3 fully saturated rings. The van der Waals surface area contributed by atoms with Crippen LogP contribution in [0.3, 0.4) is 0 Å². The molecule has 1 amide bonds. The molecule has 0 bridgehead atoms. The molecule has 3 aliphatic heterocycles. The SMILES string of the molecule is CN1CCN(CC2=C(c3ccc(F)cc3)c3cc(OCC4CC4CN(C)CCNC(=O)C4=C(c5ccc(F)cc5)c5cc(OCC6CC6)ccc5OC4)ccc3OC2)CC1. The van der Waals surface area contributed by atoms with Crippen LogP contribution < -0.4 is 24.3 Å². The van der Waals surface area contributed by atoms with Gasteiger partial charge in [-0.05, 0) is 134 Å². The Bertz CT molecular complexity index is 2250. The molecule has 1 saturated heterocycles. The largest absolute Gasteiger partial charge is 0.493 e. The van der Waals surface area contributed by atoms with E-state index in [2.05, 4.69) is 40.2 Å². The van der Waals surface area contributed by atoms with Gasteiger partial charge in [-0.3, -0.25) is 9.69 Å². The molecule has 2 atom stereocenters. The summed E-state index contributed by atoms with van der Waals surface area (Å²) in [6, 6.07) is 24.8. The van der Waals surface area contributed by atoms with Crippen LogP contribution in [-0.2, 0) is 4.79 Å². The number of piperazine rings is 1. The van der Waals surface area contributed by atoms with E-state index in [-0.39, 0.29) is 24.1 Å². The van der Waals surface area contributed by atoms with Crippen molar-refractivity contribution in [3.05, 3.63) is 130 Å². The molecule has 0 radical (unpaired) electrons. The number of nitrogens with one attached hydrogen (secondary N) is 1. The van der Waals surface area contributed by atoms with Gasteiger partial charge in [-0.1, -0.05) is 24.3 Å². The fraction of sp³-hybridized carbons (Fsp3) is 0.408. The number of rotatable bonds is 16. The fourth-order valence-corrected chi connectivity index (χ4v) is 8.55. The third-order valence-corrected chi connectivity index (χ3v) is 12.5. The highest BCUT2D eigenvalue weighted by Crippen LogP contribution is 2.43. The Morgan fingerprint density at radius 1 is 0.767 bits per heavy atom. The molecule has 0 aromatic heterocycles. The molecule has 1 N–H and O–H groups in total. The Labute approximate surface area is 351 Å². The molecule has 9 nitrogen and oxygen atoms in total. The highest BCUT2D eigenvalue weighted by atomic mass is 19.1. The molecule has 3 heterocycles. The van der Waals surface area contributed by atoms with Gasteiger partial charge in [-0.15, -0.1) is 0 Å². The molecule has 5 aliphatic rings. The average molecular weight is 817 g/mol. The maximum atomic E-state index is 14.0. The minimum absolute atomic E-state index is 0.117. The topological polar surface area (TPSA) is 75.7 Å². The first-order chi connectivity index (χ1) is 29.2. The summed E-state index contributed by atoms with van der Waals surface area (Å²) < 4.78 is 52.9. The first-order valence-corrected chi connectivity index (χ1v) is 21.4. The summed E-state index contributed by atoms with van der Waals surface area (Å²) in [6.45, 7) is 8.84. The summed E-state index contributed by atoms with van der Waals surface area (Å²) >= 11 is 0. The van der Waals surface area contributed by atoms with E-state index >= 15 is 0 Å². The van der Waals surface area contributed by atoms with E-state index in [0.717, 1.165) is 96.3 Å². The van der Waals surface area contributed by atoms with Gasteiger partial charge in [0.2, 0.25) is 0 Å².